The summed E-state index contributed by atoms with van der Waals surface area (Å²) in [6.07, 6.45) is 5.15. The second-order valence-corrected chi connectivity index (χ2v) is 5.91. The van der Waals surface area contributed by atoms with Gasteiger partial charge < -0.3 is 15.6 Å². The molecule has 1 heterocycles. The molecule has 3 N–H and O–H groups in total. The number of amides is 1. The molecule has 0 saturated heterocycles. The maximum atomic E-state index is 12.0. The molecule has 108 valence electrons. The van der Waals surface area contributed by atoms with Gasteiger partial charge in [-0.25, -0.2) is 0 Å². The molecule has 1 amide bonds. The lowest BCUT2D eigenvalue weighted by Crippen LogP contribution is -2.36. The molecule has 1 saturated carbocycles. The number of nitrogens with two attached hydrogens (primary N) is 1. The molecule has 2 aliphatic carbocycles. The fourth-order valence-corrected chi connectivity index (χ4v) is 2.85. The number of carbonyl (C=O) groups is 1. The van der Waals surface area contributed by atoms with E-state index < -0.39 is 0 Å². The average molecular weight is 275 g/mol. The Morgan fingerprint density at radius 2 is 2.15 bits per heavy atom. The first-order valence-corrected chi connectivity index (χ1v) is 7.40. The Labute approximate surface area is 118 Å². The number of nitrogens with one attached hydrogen (secondary N) is 1. The minimum absolute atomic E-state index is 0.0138. The van der Waals surface area contributed by atoms with Crippen LogP contribution in [0.15, 0.2) is 16.9 Å². The van der Waals surface area contributed by atoms with Gasteiger partial charge in [-0.3, -0.25) is 9.59 Å². The van der Waals surface area contributed by atoms with E-state index in [4.69, 9.17) is 5.73 Å². The standard InChI is InChI=1S/C15H21N3O2/c16-12-2-1-3-13-11(12)6-7-15(20)18(13)9-14(19)17-8-10-4-5-10/h6-7,10,12H,1-5,8-9,16H2,(H,17,19). The Hall–Kier alpha value is -1.62. The highest BCUT2D eigenvalue weighted by Gasteiger charge is 2.23. The van der Waals surface area contributed by atoms with Crippen LogP contribution in [0, 0.1) is 5.92 Å². The summed E-state index contributed by atoms with van der Waals surface area (Å²) in [5.74, 6) is 0.570. The minimum atomic E-state index is -0.112. The topological polar surface area (TPSA) is 77.1 Å². The smallest absolute Gasteiger partial charge is 0.251 e. The van der Waals surface area contributed by atoms with Crippen LogP contribution in [0.5, 0.6) is 0 Å². The zero-order chi connectivity index (χ0) is 14.1. The first-order chi connectivity index (χ1) is 9.65. The molecule has 1 fully saturated rings. The van der Waals surface area contributed by atoms with Crippen molar-refractivity contribution >= 4 is 5.91 Å². The lowest BCUT2D eigenvalue weighted by molar-refractivity contribution is -0.121. The highest BCUT2D eigenvalue weighted by Crippen LogP contribution is 2.28. The number of carbonyl (C=O) groups excluding carboxylic acids is 1. The Bertz CT molecular complexity index is 575. The zero-order valence-corrected chi connectivity index (χ0v) is 11.6. The van der Waals surface area contributed by atoms with E-state index in [1.165, 1.54) is 18.9 Å². The van der Waals surface area contributed by atoms with Crippen molar-refractivity contribution in [2.45, 2.75) is 44.7 Å². The summed E-state index contributed by atoms with van der Waals surface area (Å²) in [6, 6.07) is 3.33. The van der Waals surface area contributed by atoms with Crippen LogP contribution >= 0.6 is 0 Å². The van der Waals surface area contributed by atoms with Crippen LogP contribution in [-0.2, 0) is 17.8 Å². The summed E-state index contributed by atoms with van der Waals surface area (Å²) >= 11 is 0. The van der Waals surface area contributed by atoms with Crippen molar-refractivity contribution in [2.75, 3.05) is 6.54 Å². The van der Waals surface area contributed by atoms with Crippen LogP contribution in [0.3, 0.4) is 0 Å². The molecule has 3 rings (SSSR count). The third-order valence-corrected chi connectivity index (χ3v) is 4.25. The highest BCUT2D eigenvalue weighted by atomic mass is 16.2. The maximum Gasteiger partial charge on any atom is 0.251 e. The SMILES string of the molecule is NC1CCCc2c1ccc(=O)n2CC(=O)NCC1CC1. The van der Waals surface area contributed by atoms with Gasteiger partial charge in [0, 0.05) is 24.3 Å². The van der Waals surface area contributed by atoms with Crippen LogP contribution in [-0.4, -0.2) is 17.0 Å². The highest BCUT2D eigenvalue weighted by molar-refractivity contribution is 5.75. The van der Waals surface area contributed by atoms with Gasteiger partial charge in [0.25, 0.3) is 5.56 Å². The second kappa shape index (κ2) is 5.40. The third-order valence-electron chi connectivity index (χ3n) is 4.25. The quantitative estimate of drug-likeness (QED) is 0.849. The van der Waals surface area contributed by atoms with E-state index in [1.807, 2.05) is 6.07 Å². The van der Waals surface area contributed by atoms with Crippen LogP contribution < -0.4 is 16.6 Å². The summed E-state index contributed by atoms with van der Waals surface area (Å²) in [4.78, 5) is 24.0. The van der Waals surface area contributed by atoms with E-state index >= 15 is 0 Å². The molecule has 1 atom stereocenters. The van der Waals surface area contributed by atoms with Gasteiger partial charge in [-0.1, -0.05) is 6.07 Å². The van der Waals surface area contributed by atoms with E-state index in [0.29, 0.717) is 5.92 Å². The molecule has 0 radical (unpaired) electrons. The summed E-state index contributed by atoms with van der Waals surface area (Å²) < 4.78 is 1.59. The number of fused-ring (bicyclic) bond motifs is 1. The zero-order valence-electron chi connectivity index (χ0n) is 11.6. The predicted octanol–water partition coefficient (Wildman–Crippen LogP) is 0.711. The van der Waals surface area contributed by atoms with E-state index in [2.05, 4.69) is 5.32 Å². The molecule has 1 aromatic heterocycles. The van der Waals surface area contributed by atoms with Crippen LogP contribution in [0.1, 0.15) is 43.0 Å². The van der Waals surface area contributed by atoms with Crippen LogP contribution in [0.25, 0.3) is 0 Å². The first-order valence-electron chi connectivity index (χ1n) is 7.40. The lowest BCUT2D eigenvalue weighted by Gasteiger charge is -2.25. The van der Waals surface area contributed by atoms with Gasteiger partial charge >= 0.3 is 0 Å². The van der Waals surface area contributed by atoms with Gasteiger partial charge in [-0.05, 0) is 43.6 Å². The minimum Gasteiger partial charge on any atom is -0.354 e. The van der Waals surface area contributed by atoms with Crippen LogP contribution in [0.4, 0.5) is 0 Å². The van der Waals surface area contributed by atoms with Gasteiger partial charge in [0.1, 0.15) is 6.54 Å². The van der Waals surface area contributed by atoms with Gasteiger partial charge in [0.2, 0.25) is 5.91 Å². The lowest BCUT2D eigenvalue weighted by atomic mass is 9.91. The summed E-state index contributed by atoms with van der Waals surface area (Å²) in [5, 5.41) is 2.91. The van der Waals surface area contributed by atoms with Crippen molar-refractivity contribution in [1.29, 1.82) is 0 Å². The second-order valence-electron chi connectivity index (χ2n) is 5.91. The number of nitrogens with zero attached hydrogens (tertiary/aromatic N) is 1. The monoisotopic (exact) mass is 275 g/mol. The van der Waals surface area contributed by atoms with Gasteiger partial charge in [0.15, 0.2) is 0 Å². The largest absolute Gasteiger partial charge is 0.354 e. The molecule has 0 bridgehead atoms. The number of hydrogen-bond acceptors (Lipinski definition) is 3. The molecule has 5 heteroatoms. The number of rotatable bonds is 4. The van der Waals surface area contributed by atoms with Crippen LogP contribution in [0.2, 0.25) is 0 Å². The van der Waals surface area contributed by atoms with Crippen molar-refractivity contribution in [3.63, 3.8) is 0 Å². The fraction of sp³-hybridized carbons (Fsp3) is 0.600. The summed E-state index contributed by atoms with van der Waals surface area (Å²) in [5.41, 5.74) is 7.94. The van der Waals surface area contributed by atoms with E-state index in [-0.39, 0.29) is 24.1 Å². The molecule has 1 aromatic rings. The van der Waals surface area contributed by atoms with Gasteiger partial charge in [0.05, 0.1) is 0 Å². The van der Waals surface area contributed by atoms with Crippen molar-refractivity contribution < 1.29 is 4.79 Å². The molecule has 0 aromatic carbocycles. The fourth-order valence-electron chi connectivity index (χ4n) is 2.85. The van der Waals surface area contributed by atoms with E-state index in [9.17, 15) is 9.59 Å². The van der Waals surface area contributed by atoms with E-state index in [0.717, 1.165) is 37.1 Å². The number of aromatic nitrogens is 1. The third kappa shape index (κ3) is 2.77. The van der Waals surface area contributed by atoms with Gasteiger partial charge in [-0.2, -0.15) is 0 Å². The van der Waals surface area contributed by atoms with Crippen molar-refractivity contribution in [1.82, 2.24) is 9.88 Å². The summed E-state index contributed by atoms with van der Waals surface area (Å²) in [6.45, 7) is 0.851. The molecule has 5 nitrogen and oxygen atoms in total. The number of pyridine rings is 1. The van der Waals surface area contributed by atoms with Gasteiger partial charge in [-0.15, -0.1) is 0 Å². The molecule has 0 spiro atoms. The Morgan fingerprint density at radius 1 is 1.35 bits per heavy atom. The average Bonchev–Trinajstić information content (AvgIpc) is 3.24. The summed E-state index contributed by atoms with van der Waals surface area (Å²) in [7, 11) is 0. The molecule has 1 unspecified atom stereocenters. The molecule has 20 heavy (non-hydrogen) atoms. The number of hydrogen-bond donors (Lipinski definition) is 2. The van der Waals surface area contributed by atoms with Crippen molar-refractivity contribution in [3.05, 3.63) is 33.7 Å². The molecule has 0 aliphatic heterocycles. The van der Waals surface area contributed by atoms with E-state index in [1.54, 1.807) is 4.57 Å². The van der Waals surface area contributed by atoms with Crippen molar-refractivity contribution in [3.8, 4) is 0 Å². The normalized spacial score (nSPS) is 21.4. The molecule has 2 aliphatic rings. The Morgan fingerprint density at radius 3 is 2.90 bits per heavy atom. The maximum absolute atomic E-state index is 12.0. The molecular formula is C15H21N3O2. The first kappa shape index (κ1) is 13.4. The Kier molecular flexibility index (Phi) is 3.61. The predicted molar refractivity (Wildman–Crippen MR) is 76.3 cm³/mol. The van der Waals surface area contributed by atoms with Crippen molar-refractivity contribution in [2.24, 2.45) is 11.7 Å². The Balaban J connectivity index is 1.79. The molecular weight excluding hydrogens is 254 g/mol.